The number of carbonyl (C=O) groups is 2. The lowest BCUT2D eigenvalue weighted by molar-refractivity contribution is -0.117. The van der Waals surface area contributed by atoms with Crippen LogP contribution in [-0.4, -0.2) is 34.0 Å². The third-order valence-corrected chi connectivity index (χ3v) is 3.97. The average molecular weight is 319 g/mol. The van der Waals surface area contributed by atoms with Crippen LogP contribution in [0.15, 0.2) is 36.8 Å². The zero-order valence-corrected chi connectivity index (χ0v) is 12.7. The lowest BCUT2D eigenvalue weighted by Gasteiger charge is -2.18. The van der Waals surface area contributed by atoms with Crippen molar-refractivity contribution >= 4 is 29.1 Å². The van der Waals surface area contributed by atoms with Gasteiger partial charge in [-0.25, -0.2) is 4.98 Å². The van der Waals surface area contributed by atoms with Crippen LogP contribution in [0.4, 0.5) is 5.69 Å². The fraction of sp³-hybridized carbons (Fsp3) is 0.267. The number of rotatable bonds is 3. The molecule has 2 heterocycles. The Hall–Kier alpha value is -2.34. The van der Waals surface area contributed by atoms with Gasteiger partial charge in [-0.05, 0) is 12.1 Å². The summed E-state index contributed by atoms with van der Waals surface area (Å²) in [5.74, 6) is -0.290. The van der Waals surface area contributed by atoms with Gasteiger partial charge in [0.25, 0.3) is 5.91 Å². The predicted molar refractivity (Wildman–Crippen MR) is 82.9 cm³/mol. The van der Waals surface area contributed by atoms with Gasteiger partial charge in [-0.2, -0.15) is 0 Å². The van der Waals surface area contributed by atoms with Crippen LogP contribution >= 0.6 is 11.6 Å². The van der Waals surface area contributed by atoms with E-state index in [0.717, 1.165) is 0 Å². The van der Waals surface area contributed by atoms with E-state index in [1.165, 1.54) is 6.20 Å². The van der Waals surface area contributed by atoms with E-state index in [2.05, 4.69) is 10.3 Å². The minimum Gasteiger partial charge on any atom is -0.346 e. The summed E-state index contributed by atoms with van der Waals surface area (Å²) < 4.78 is 1.64. The number of aryl methyl sites for hydroxylation is 1. The van der Waals surface area contributed by atoms with Crippen molar-refractivity contribution in [3.63, 3.8) is 0 Å². The molecule has 0 radical (unpaired) electrons. The molecule has 3 rings (SSSR count). The van der Waals surface area contributed by atoms with Crippen molar-refractivity contribution in [2.24, 2.45) is 7.05 Å². The smallest absolute Gasteiger partial charge is 0.269 e. The third kappa shape index (κ3) is 2.69. The van der Waals surface area contributed by atoms with Crippen LogP contribution in [0.1, 0.15) is 16.9 Å². The van der Waals surface area contributed by atoms with Gasteiger partial charge in [-0.1, -0.05) is 23.7 Å². The maximum atomic E-state index is 12.2. The van der Waals surface area contributed by atoms with E-state index in [9.17, 15) is 9.59 Å². The Morgan fingerprint density at radius 1 is 1.41 bits per heavy atom. The van der Waals surface area contributed by atoms with Gasteiger partial charge in [0, 0.05) is 20.0 Å². The van der Waals surface area contributed by atoms with E-state index in [1.54, 1.807) is 35.0 Å². The first-order valence-corrected chi connectivity index (χ1v) is 7.26. The summed E-state index contributed by atoms with van der Waals surface area (Å²) in [4.78, 5) is 29.9. The monoisotopic (exact) mass is 318 g/mol. The van der Waals surface area contributed by atoms with Gasteiger partial charge < -0.3 is 14.8 Å². The molecule has 2 aromatic rings. The topological polar surface area (TPSA) is 67.2 Å². The van der Waals surface area contributed by atoms with Crippen LogP contribution in [0.25, 0.3) is 0 Å². The Morgan fingerprint density at radius 3 is 2.86 bits per heavy atom. The molecule has 22 heavy (non-hydrogen) atoms. The van der Waals surface area contributed by atoms with Crippen LogP contribution in [-0.2, 0) is 11.8 Å². The minimum absolute atomic E-state index is 0.0524. The van der Waals surface area contributed by atoms with E-state index in [1.807, 2.05) is 12.1 Å². The number of amides is 2. The number of nitrogens with one attached hydrogen (secondary N) is 1. The van der Waals surface area contributed by atoms with Gasteiger partial charge in [0.1, 0.15) is 5.69 Å². The molecule has 6 nitrogen and oxygen atoms in total. The maximum Gasteiger partial charge on any atom is 0.269 e. The Morgan fingerprint density at radius 2 is 2.18 bits per heavy atom. The lowest BCUT2D eigenvalue weighted by Crippen LogP contribution is -2.37. The number of aromatic nitrogens is 2. The quantitative estimate of drug-likeness (QED) is 0.935. The molecule has 114 valence electrons. The fourth-order valence-electron chi connectivity index (χ4n) is 2.54. The zero-order chi connectivity index (χ0) is 15.7. The molecule has 1 atom stereocenters. The van der Waals surface area contributed by atoms with Crippen LogP contribution in [0.5, 0.6) is 0 Å². The number of carbonyl (C=O) groups excluding carboxylic acids is 2. The van der Waals surface area contributed by atoms with Crippen LogP contribution in [0.3, 0.4) is 0 Å². The second-order valence-electron chi connectivity index (χ2n) is 5.22. The largest absolute Gasteiger partial charge is 0.346 e. The lowest BCUT2D eigenvalue weighted by atomic mass is 10.2. The number of nitrogens with zero attached hydrogens (tertiary/aromatic N) is 3. The Balaban J connectivity index is 1.71. The van der Waals surface area contributed by atoms with E-state index < -0.39 is 0 Å². The van der Waals surface area contributed by atoms with Gasteiger partial charge in [-0.3, -0.25) is 9.59 Å². The van der Waals surface area contributed by atoms with E-state index in [4.69, 9.17) is 11.6 Å². The maximum absolute atomic E-state index is 12.2. The van der Waals surface area contributed by atoms with E-state index in [-0.39, 0.29) is 24.3 Å². The van der Waals surface area contributed by atoms with Crippen LogP contribution in [0.2, 0.25) is 5.02 Å². The minimum atomic E-state index is -0.244. The highest BCUT2D eigenvalue weighted by atomic mass is 35.5. The average Bonchev–Trinajstić information content (AvgIpc) is 3.05. The highest BCUT2D eigenvalue weighted by Gasteiger charge is 2.32. The number of hydrogen-bond acceptors (Lipinski definition) is 3. The highest BCUT2D eigenvalue weighted by Crippen LogP contribution is 2.29. The molecule has 0 bridgehead atoms. The second kappa shape index (κ2) is 5.81. The van der Waals surface area contributed by atoms with Crippen molar-refractivity contribution in [3.8, 4) is 0 Å². The Labute approximate surface area is 132 Å². The van der Waals surface area contributed by atoms with Gasteiger partial charge in [0.2, 0.25) is 5.91 Å². The van der Waals surface area contributed by atoms with Crippen molar-refractivity contribution in [1.29, 1.82) is 0 Å². The summed E-state index contributed by atoms with van der Waals surface area (Å²) in [6.07, 6.45) is 3.32. The predicted octanol–water partition coefficient (Wildman–Crippen LogP) is 1.61. The summed E-state index contributed by atoms with van der Waals surface area (Å²) in [6, 6.07) is 6.94. The molecule has 0 unspecified atom stereocenters. The molecule has 0 aliphatic carbocycles. The number of halogens is 1. The summed E-state index contributed by atoms with van der Waals surface area (Å²) in [5.41, 5.74) is 1.13. The number of benzene rings is 1. The van der Waals surface area contributed by atoms with Gasteiger partial charge in [0.05, 0.1) is 29.3 Å². The van der Waals surface area contributed by atoms with Gasteiger partial charge >= 0.3 is 0 Å². The highest BCUT2D eigenvalue weighted by molar-refractivity contribution is 6.33. The first kappa shape index (κ1) is 14.6. The molecule has 1 fully saturated rings. The number of imidazole rings is 1. The molecule has 1 aromatic heterocycles. The summed E-state index contributed by atoms with van der Waals surface area (Å²) >= 11 is 6.13. The molecular weight excluding hydrogens is 304 g/mol. The van der Waals surface area contributed by atoms with Crippen molar-refractivity contribution in [3.05, 3.63) is 47.5 Å². The number of para-hydroxylation sites is 1. The van der Waals surface area contributed by atoms with Crippen LogP contribution in [0, 0.1) is 0 Å². The first-order valence-electron chi connectivity index (χ1n) is 6.88. The molecular formula is C15H15ClN4O2. The molecule has 2 amide bonds. The molecule has 1 N–H and O–H groups in total. The molecule has 1 aliphatic heterocycles. The molecule has 1 saturated heterocycles. The first-order chi connectivity index (χ1) is 10.6. The number of anilines is 1. The van der Waals surface area contributed by atoms with Crippen LogP contribution < -0.4 is 10.2 Å². The van der Waals surface area contributed by atoms with Crippen molar-refractivity contribution < 1.29 is 9.59 Å². The number of hydrogen-bond donors (Lipinski definition) is 1. The molecule has 0 saturated carbocycles. The zero-order valence-electron chi connectivity index (χ0n) is 12.0. The van der Waals surface area contributed by atoms with Gasteiger partial charge in [0.15, 0.2) is 0 Å². The Kier molecular flexibility index (Phi) is 3.85. The normalized spacial score (nSPS) is 17.8. The van der Waals surface area contributed by atoms with Gasteiger partial charge in [-0.15, -0.1) is 0 Å². The van der Waals surface area contributed by atoms with Crippen molar-refractivity contribution in [2.45, 2.75) is 12.5 Å². The summed E-state index contributed by atoms with van der Waals surface area (Å²) in [5, 5.41) is 3.39. The standard InChI is InChI=1S/C15H15ClN4O2/c1-19-9-17-7-13(19)15(22)18-10-6-14(21)20(8-10)12-5-3-2-4-11(12)16/h2-5,7,9-10H,6,8H2,1H3,(H,18,22)/t10-/m1/s1. The van der Waals surface area contributed by atoms with E-state index in [0.29, 0.717) is 22.9 Å². The molecule has 0 spiro atoms. The third-order valence-electron chi connectivity index (χ3n) is 3.65. The summed E-state index contributed by atoms with van der Waals surface area (Å²) in [7, 11) is 1.75. The Bertz CT molecular complexity index is 728. The van der Waals surface area contributed by atoms with Crippen molar-refractivity contribution in [2.75, 3.05) is 11.4 Å². The molecule has 1 aliphatic rings. The van der Waals surface area contributed by atoms with Crippen molar-refractivity contribution in [1.82, 2.24) is 14.9 Å². The molecule has 1 aromatic carbocycles. The van der Waals surface area contributed by atoms with E-state index >= 15 is 0 Å². The SMILES string of the molecule is Cn1cncc1C(=O)N[C@@H]1CC(=O)N(c2ccccc2Cl)C1. The summed E-state index contributed by atoms with van der Waals surface area (Å²) in [6.45, 7) is 0.409. The molecule has 7 heteroatoms. The fourth-order valence-corrected chi connectivity index (χ4v) is 2.78. The second-order valence-corrected chi connectivity index (χ2v) is 5.63.